The van der Waals surface area contributed by atoms with Crippen molar-refractivity contribution in [1.82, 2.24) is 14.6 Å². The number of halogens is 1. The van der Waals surface area contributed by atoms with E-state index in [1.54, 1.807) is 28.7 Å². The van der Waals surface area contributed by atoms with Gasteiger partial charge in [-0.3, -0.25) is 4.84 Å². The Morgan fingerprint density at radius 2 is 2.35 bits per heavy atom. The van der Waals surface area contributed by atoms with Crippen LogP contribution in [-0.4, -0.2) is 21.7 Å². The lowest BCUT2D eigenvalue weighted by atomic mass is 10.3. The van der Waals surface area contributed by atoms with E-state index in [1.165, 1.54) is 0 Å². The fourth-order valence-electron chi connectivity index (χ4n) is 1.91. The Labute approximate surface area is 124 Å². The molecule has 3 aromatic rings. The molecule has 20 heavy (non-hydrogen) atoms. The Hall–Kier alpha value is -2.15. The highest BCUT2D eigenvalue weighted by Gasteiger charge is 2.07. The third-order valence-electron chi connectivity index (χ3n) is 2.88. The molecule has 0 aliphatic carbocycles. The van der Waals surface area contributed by atoms with E-state index in [4.69, 9.17) is 4.84 Å². The Morgan fingerprint density at radius 3 is 3.20 bits per heavy atom. The molecule has 102 valence electrons. The molecule has 0 spiro atoms. The summed E-state index contributed by atoms with van der Waals surface area (Å²) in [5.74, 6) is 0.883. The molecule has 0 aliphatic rings. The summed E-state index contributed by atoms with van der Waals surface area (Å²) >= 11 is 3.42. The van der Waals surface area contributed by atoms with Gasteiger partial charge in [0, 0.05) is 29.1 Å². The van der Waals surface area contributed by atoms with Gasteiger partial charge in [0.25, 0.3) is 0 Å². The van der Waals surface area contributed by atoms with E-state index in [1.807, 2.05) is 30.6 Å². The lowest BCUT2D eigenvalue weighted by Crippen LogP contribution is -2.40. The Bertz CT molecular complexity index is 742. The van der Waals surface area contributed by atoms with Crippen LogP contribution in [-0.2, 0) is 6.54 Å². The number of hydrogen-bond donors (Lipinski definition) is 1. The molecular formula is C13H13BrN5O+. The molecule has 3 rings (SSSR count). The molecule has 7 heteroatoms. The number of pyridine rings is 1. The Morgan fingerprint density at radius 1 is 1.45 bits per heavy atom. The molecule has 0 unspecified atom stereocenters. The van der Waals surface area contributed by atoms with Crippen LogP contribution in [0.5, 0.6) is 0 Å². The van der Waals surface area contributed by atoms with Crippen molar-refractivity contribution in [2.24, 2.45) is 0 Å². The average molecular weight is 335 g/mol. The smallest absolute Gasteiger partial charge is 0.227 e. The van der Waals surface area contributed by atoms with Crippen molar-refractivity contribution in [3.8, 4) is 0 Å². The van der Waals surface area contributed by atoms with E-state index in [2.05, 4.69) is 31.3 Å². The first-order valence-electron chi connectivity index (χ1n) is 6.05. The lowest BCUT2D eigenvalue weighted by Gasteiger charge is -2.07. The first-order valence-corrected chi connectivity index (χ1v) is 6.84. The third kappa shape index (κ3) is 2.44. The van der Waals surface area contributed by atoms with E-state index in [-0.39, 0.29) is 0 Å². The van der Waals surface area contributed by atoms with Crippen LogP contribution < -0.4 is 14.9 Å². The maximum absolute atomic E-state index is 5.14. The predicted octanol–water partition coefficient (Wildman–Crippen LogP) is 1.45. The number of aromatic nitrogens is 4. The third-order valence-corrected chi connectivity index (χ3v) is 3.44. The summed E-state index contributed by atoms with van der Waals surface area (Å²) < 4.78 is 4.29. The highest BCUT2D eigenvalue weighted by molar-refractivity contribution is 9.10. The summed E-state index contributed by atoms with van der Waals surface area (Å²) in [6.45, 7) is 0.667. The predicted molar refractivity (Wildman–Crippen MR) is 77.2 cm³/mol. The van der Waals surface area contributed by atoms with Gasteiger partial charge in [-0.15, -0.1) is 0 Å². The van der Waals surface area contributed by atoms with Crippen molar-refractivity contribution in [3.05, 3.63) is 53.0 Å². The fraction of sp³-hybridized carbons (Fsp3) is 0.154. The van der Waals surface area contributed by atoms with Crippen molar-refractivity contribution in [2.45, 2.75) is 6.54 Å². The van der Waals surface area contributed by atoms with Crippen molar-refractivity contribution in [3.63, 3.8) is 0 Å². The molecule has 1 N–H and O–H groups in total. The molecule has 3 aromatic heterocycles. The van der Waals surface area contributed by atoms with Gasteiger partial charge in [0.15, 0.2) is 5.65 Å². The van der Waals surface area contributed by atoms with Gasteiger partial charge in [-0.05, 0) is 28.1 Å². The lowest BCUT2D eigenvalue weighted by molar-refractivity contribution is -0.885. The maximum atomic E-state index is 5.14. The molecule has 0 saturated heterocycles. The zero-order valence-electron chi connectivity index (χ0n) is 10.8. The average Bonchev–Trinajstić information content (AvgIpc) is 2.88. The summed E-state index contributed by atoms with van der Waals surface area (Å²) in [6.07, 6.45) is 7.25. The molecule has 0 saturated carbocycles. The van der Waals surface area contributed by atoms with Crippen molar-refractivity contribution in [1.29, 1.82) is 0 Å². The first kappa shape index (κ1) is 12.9. The second-order valence-corrected chi connectivity index (χ2v) is 5.02. The monoisotopic (exact) mass is 334 g/mol. The van der Waals surface area contributed by atoms with Crippen LogP contribution in [0.25, 0.3) is 5.65 Å². The molecule has 0 bridgehead atoms. The molecule has 0 aliphatic heterocycles. The minimum Gasteiger partial charge on any atom is -0.366 e. The molecule has 0 atom stereocenters. The van der Waals surface area contributed by atoms with Crippen molar-refractivity contribution >= 4 is 27.4 Å². The zero-order valence-corrected chi connectivity index (χ0v) is 12.4. The number of rotatable bonds is 4. The minimum absolute atomic E-state index is 0.667. The van der Waals surface area contributed by atoms with E-state index in [0.29, 0.717) is 6.54 Å². The molecular weight excluding hydrogens is 322 g/mol. The van der Waals surface area contributed by atoms with Gasteiger partial charge in [-0.1, -0.05) is 0 Å². The van der Waals surface area contributed by atoms with Crippen LogP contribution in [0, 0.1) is 0 Å². The fourth-order valence-corrected chi connectivity index (χ4v) is 2.27. The summed E-state index contributed by atoms with van der Waals surface area (Å²) in [5.41, 5.74) is 1.89. The van der Waals surface area contributed by atoms with Crippen LogP contribution >= 0.6 is 15.9 Å². The van der Waals surface area contributed by atoms with E-state index in [0.717, 1.165) is 21.5 Å². The normalized spacial score (nSPS) is 10.7. The van der Waals surface area contributed by atoms with Gasteiger partial charge in [0.1, 0.15) is 12.9 Å². The van der Waals surface area contributed by atoms with E-state index >= 15 is 0 Å². The molecule has 0 aromatic carbocycles. The van der Waals surface area contributed by atoms with Crippen LogP contribution in [0.1, 0.15) is 5.56 Å². The zero-order chi connectivity index (χ0) is 13.9. The SMILES string of the molecule is CO[n+]1cccc(CNc2ccnc3c(Br)cnn23)c1. The highest BCUT2D eigenvalue weighted by atomic mass is 79.9. The van der Waals surface area contributed by atoms with E-state index in [9.17, 15) is 0 Å². The molecule has 0 radical (unpaired) electrons. The molecule has 6 nitrogen and oxygen atoms in total. The van der Waals surface area contributed by atoms with Gasteiger partial charge < -0.3 is 5.32 Å². The standard InChI is InChI=1S/C13H13BrN5O/c1-20-18-6-2-3-10(9-18)7-16-12-4-5-15-13-11(14)8-17-19(12)13/h2-6,8-9,16H,7H2,1H3/q+1. The Kier molecular flexibility index (Phi) is 3.51. The quantitative estimate of drug-likeness (QED) is 0.734. The van der Waals surface area contributed by atoms with Crippen LogP contribution in [0.3, 0.4) is 0 Å². The van der Waals surface area contributed by atoms with Gasteiger partial charge in [-0.25, -0.2) is 4.98 Å². The number of nitrogens with one attached hydrogen (secondary N) is 1. The topological polar surface area (TPSA) is 55.3 Å². The second-order valence-electron chi connectivity index (χ2n) is 4.17. The number of nitrogens with zero attached hydrogens (tertiary/aromatic N) is 4. The van der Waals surface area contributed by atoms with Gasteiger partial charge >= 0.3 is 0 Å². The Balaban J connectivity index is 1.83. The first-order chi connectivity index (χ1) is 9.78. The summed E-state index contributed by atoms with van der Waals surface area (Å²) in [5, 5.41) is 7.62. The second kappa shape index (κ2) is 5.46. The molecule has 0 amide bonds. The van der Waals surface area contributed by atoms with Gasteiger partial charge in [-0.2, -0.15) is 9.61 Å². The number of hydrogen-bond acceptors (Lipinski definition) is 4. The van der Waals surface area contributed by atoms with Gasteiger partial charge in [0.05, 0.1) is 10.7 Å². The van der Waals surface area contributed by atoms with Crippen molar-refractivity contribution in [2.75, 3.05) is 12.4 Å². The van der Waals surface area contributed by atoms with Gasteiger partial charge in [0.2, 0.25) is 12.4 Å². The number of fused-ring (bicyclic) bond motifs is 1. The minimum atomic E-state index is 0.667. The summed E-state index contributed by atoms with van der Waals surface area (Å²) in [6, 6.07) is 5.85. The molecule has 0 fully saturated rings. The maximum Gasteiger partial charge on any atom is 0.227 e. The van der Waals surface area contributed by atoms with Crippen LogP contribution in [0.4, 0.5) is 5.82 Å². The number of anilines is 1. The molecule has 3 heterocycles. The summed E-state index contributed by atoms with van der Waals surface area (Å²) in [7, 11) is 1.63. The highest BCUT2D eigenvalue weighted by Crippen LogP contribution is 2.18. The summed E-state index contributed by atoms with van der Waals surface area (Å²) in [4.78, 5) is 9.41. The van der Waals surface area contributed by atoms with Crippen molar-refractivity contribution < 1.29 is 9.57 Å². The van der Waals surface area contributed by atoms with Crippen LogP contribution in [0.15, 0.2) is 47.5 Å². The van der Waals surface area contributed by atoms with E-state index < -0.39 is 0 Å². The largest absolute Gasteiger partial charge is 0.366 e. The van der Waals surface area contributed by atoms with Crippen LogP contribution in [0.2, 0.25) is 0 Å².